The number of benzene rings is 1. The van der Waals surface area contributed by atoms with Crippen molar-refractivity contribution in [1.29, 1.82) is 0 Å². The molecule has 0 N–H and O–H groups in total. The molecule has 2 heterocycles. The summed E-state index contributed by atoms with van der Waals surface area (Å²) in [6, 6.07) is 14.7. The van der Waals surface area contributed by atoms with Gasteiger partial charge in [0, 0.05) is 37.8 Å². The highest BCUT2D eigenvalue weighted by atomic mass is 16.2. The number of aromatic nitrogens is 1. The molecule has 1 aliphatic rings. The van der Waals surface area contributed by atoms with Crippen LogP contribution in [0.25, 0.3) is 0 Å². The average molecular weight is 294 g/mol. The molecule has 3 nitrogen and oxygen atoms in total. The van der Waals surface area contributed by atoms with E-state index in [1.807, 2.05) is 17.2 Å². The molecule has 2 aromatic rings. The second-order valence-corrected chi connectivity index (χ2v) is 6.06. The van der Waals surface area contributed by atoms with Crippen molar-refractivity contribution in [2.24, 2.45) is 0 Å². The zero-order valence-corrected chi connectivity index (χ0v) is 13.0. The van der Waals surface area contributed by atoms with E-state index in [1.54, 1.807) is 6.92 Å². The van der Waals surface area contributed by atoms with E-state index in [4.69, 9.17) is 0 Å². The van der Waals surface area contributed by atoms with E-state index in [1.165, 1.54) is 11.1 Å². The van der Waals surface area contributed by atoms with E-state index >= 15 is 0 Å². The van der Waals surface area contributed by atoms with Gasteiger partial charge in [-0.15, -0.1) is 0 Å². The van der Waals surface area contributed by atoms with Gasteiger partial charge in [0.2, 0.25) is 5.91 Å². The Hall–Kier alpha value is -2.16. The van der Waals surface area contributed by atoms with Crippen molar-refractivity contribution in [3.05, 3.63) is 65.5 Å². The largest absolute Gasteiger partial charge is 0.342 e. The van der Waals surface area contributed by atoms with Gasteiger partial charge >= 0.3 is 0 Å². The number of likely N-dealkylation sites (tertiary alicyclic amines) is 1. The summed E-state index contributed by atoms with van der Waals surface area (Å²) in [6.45, 7) is 3.34. The summed E-state index contributed by atoms with van der Waals surface area (Å²) in [5.74, 6) is 0.550. The fourth-order valence-electron chi connectivity index (χ4n) is 3.12. The van der Waals surface area contributed by atoms with Gasteiger partial charge in [-0.2, -0.15) is 0 Å². The van der Waals surface area contributed by atoms with Gasteiger partial charge in [0.15, 0.2) is 0 Å². The summed E-state index contributed by atoms with van der Waals surface area (Å²) in [5.41, 5.74) is 3.65. The molecular formula is C19H22N2O. The van der Waals surface area contributed by atoms with E-state index < -0.39 is 0 Å². The predicted octanol–water partition coefficient (Wildman–Crippen LogP) is 3.40. The Balaban J connectivity index is 1.67. The van der Waals surface area contributed by atoms with Crippen molar-refractivity contribution in [2.75, 3.05) is 13.1 Å². The number of carbonyl (C=O) groups excluding carboxylic acids is 1. The first kappa shape index (κ1) is 14.8. The lowest BCUT2D eigenvalue weighted by Gasteiger charge is -2.31. The lowest BCUT2D eigenvalue weighted by Crippen LogP contribution is -2.37. The topological polar surface area (TPSA) is 33.2 Å². The Kier molecular flexibility index (Phi) is 4.52. The Bertz CT molecular complexity index is 622. The average Bonchev–Trinajstić information content (AvgIpc) is 2.56. The van der Waals surface area contributed by atoms with E-state index in [-0.39, 0.29) is 5.91 Å². The fraction of sp³-hybridized carbons (Fsp3) is 0.368. The van der Waals surface area contributed by atoms with Crippen LogP contribution in [0.5, 0.6) is 0 Å². The van der Waals surface area contributed by atoms with Crippen LogP contribution in [0.4, 0.5) is 0 Å². The first-order valence-electron chi connectivity index (χ1n) is 7.96. The van der Waals surface area contributed by atoms with E-state index in [2.05, 4.69) is 41.4 Å². The van der Waals surface area contributed by atoms with E-state index in [0.29, 0.717) is 5.92 Å². The minimum Gasteiger partial charge on any atom is -0.342 e. The molecule has 3 rings (SSSR count). The molecule has 1 aliphatic heterocycles. The third-order valence-electron chi connectivity index (χ3n) is 4.38. The van der Waals surface area contributed by atoms with Crippen LogP contribution in [0.2, 0.25) is 0 Å². The molecule has 0 saturated carbocycles. The molecule has 0 radical (unpaired) electrons. The summed E-state index contributed by atoms with van der Waals surface area (Å²) in [4.78, 5) is 18.1. The zero-order chi connectivity index (χ0) is 15.4. The van der Waals surface area contributed by atoms with Crippen LogP contribution in [0.1, 0.15) is 42.5 Å². The van der Waals surface area contributed by atoms with Crippen molar-refractivity contribution >= 4 is 5.91 Å². The van der Waals surface area contributed by atoms with Crippen LogP contribution in [0.15, 0.2) is 48.7 Å². The summed E-state index contributed by atoms with van der Waals surface area (Å²) in [5, 5.41) is 0. The van der Waals surface area contributed by atoms with Gasteiger partial charge in [0.25, 0.3) is 0 Å². The van der Waals surface area contributed by atoms with Crippen molar-refractivity contribution in [2.45, 2.75) is 32.1 Å². The predicted molar refractivity (Wildman–Crippen MR) is 87.7 cm³/mol. The Morgan fingerprint density at radius 2 is 2.00 bits per heavy atom. The highest BCUT2D eigenvalue weighted by molar-refractivity contribution is 5.73. The first-order valence-corrected chi connectivity index (χ1v) is 7.96. The molecule has 114 valence electrons. The minimum absolute atomic E-state index is 0.172. The fourth-order valence-corrected chi connectivity index (χ4v) is 3.12. The molecule has 1 aromatic carbocycles. The molecule has 0 spiro atoms. The van der Waals surface area contributed by atoms with Crippen LogP contribution in [0, 0.1) is 0 Å². The van der Waals surface area contributed by atoms with E-state index in [0.717, 1.165) is 38.0 Å². The van der Waals surface area contributed by atoms with Crippen molar-refractivity contribution in [1.82, 2.24) is 9.88 Å². The lowest BCUT2D eigenvalue weighted by atomic mass is 9.93. The summed E-state index contributed by atoms with van der Waals surface area (Å²) in [7, 11) is 0. The maximum absolute atomic E-state index is 11.5. The monoisotopic (exact) mass is 294 g/mol. The molecule has 1 fully saturated rings. The van der Waals surface area contributed by atoms with Crippen LogP contribution in [0.3, 0.4) is 0 Å². The van der Waals surface area contributed by atoms with Crippen LogP contribution in [-0.4, -0.2) is 28.9 Å². The van der Waals surface area contributed by atoms with Crippen LogP contribution < -0.4 is 0 Å². The van der Waals surface area contributed by atoms with Crippen molar-refractivity contribution in [3.8, 4) is 0 Å². The third kappa shape index (κ3) is 3.53. The lowest BCUT2D eigenvalue weighted by molar-refractivity contribution is -0.130. The quantitative estimate of drug-likeness (QED) is 0.869. The summed E-state index contributed by atoms with van der Waals surface area (Å²) in [6.07, 6.45) is 5.08. The van der Waals surface area contributed by atoms with Gasteiger partial charge in [0.1, 0.15) is 0 Å². The second-order valence-electron chi connectivity index (χ2n) is 6.06. The molecule has 0 unspecified atom stereocenters. The molecule has 0 aliphatic carbocycles. The zero-order valence-electron chi connectivity index (χ0n) is 13.0. The SMILES string of the molecule is CC(=O)N1CCC[C@@H](c2ccc(Cc3ccccc3)cn2)C1. The number of rotatable bonds is 3. The van der Waals surface area contributed by atoms with Gasteiger partial charge in [-0.25, -0.2) is 0 Å². The molecule has 3 heteroatoms. The van der Waals surface area contributed by atoms with Gasteiger partial charge in [0.05, 0.1) is 0 Å². The molecule has 1 aromatic heterocycles. The molecular weight excluding hydrogens is 272 g/mol. The number of pyridine rings is 1. The number of hydrogen-bond acceptors (Lipinski definition) is 2. The molecule has 1 amide bonds. The summed E-state index contributed by atoms with van der Waals surface area (Å²) >= 11 is 0. The smallest absolute Gasteiger partial charge is 0.219 e. The standard InChI is InChI=1S/C19H22N2O/c1-15(22)21-11-5-8-18(14-21)19-10-9-17(13-20-19)12-16-6-3-2-4-7-16/h2-4,6-7,9-10,13,18H,5,8,11-12,14H2,1H3/t18-/m1/s1. The van der Waals surface area contributed by atoms with E-state index in [9.17, 15) is 4.79 Å². The number of carbonyl (C=O) groups is 1. The van der Waals surface area contributed by atoms with Crippen LogP contribution >= 0.6 is 0 Å². The molecule has 22 heavy (non-hydrogen) atoms. The highest BCUT2D eigenvalue weighted by Gasteiger charge is 2.23. The third-order valence-corrected chi connectivity index (χ3v) is 4.38. The normalized spacial score (nSPS) is 18.2. The Morgan fingerprint density at radius 3 is 2.68 bits per heavy atom. The maximum atomic E-state index is 11.5. The summed E-state index contributed by atoms with van der Waals surface area (Å²) < 4.78 is 0. The number of nitrogens with zero attached hydrogens (tertiary/aromatic N) is 2. The number of piperidine rings is 1. The molecule has 0 bridgehead atoms. The number of hydrogen-bond donors (Lipinski definition) is 0. The first-order chi connectivity index (χ1) is 10.7. The highest BCUT2D eigenvalue weighted by Crippen LogP contribution is 2.25. The second kappa shape index (κ2) is 6.73. The minimum atomic E-state index is 0.172. The Labute approximate surface area is 132 Å². The van der Waals surface area contributed by atoms with Crippen molar-refractivity contribution in [3.63, 3.8) is 0 Å². The maximum Gasteiger partial charge on any atom is 0.219 e. The Morgan fingerprint density at radius 1 is 1.18 bits per heavy atom. The van der Waals surface area contributed by atoms with Crippen molar-refractivity contribution < 1.29 is 4.79 Å². The van der Waals surface area contributed by atoms with Gasteiger partial charge in [-0.05, 0) is 36.5 Å². The van der Waals surface area contributed by atoms with Gasteiger partial charge < -0.3 is 4.90 Å². The van der Waals surface area contributed by atoms with Crippen LogP contribution in [-0.2, 0) is 11.2 Å². The molecule has 1 atom stereocenters. The van der Waals surface area contributed by atoms with Gasteiger partial charge in [-0.3, -0.25) is 9.78 Å². The molecule has 1 saturated heterocycles. The van der Waals surface area contributed by atoms with Gasteiger partial charge in [-0.1, -0.05) is 36.4 Å². The number of amides is 1.